The van der Waals surface area contributed by atoms with Gasteiger partial charge in [0.15, 0.2) is 0 Å². The zero-order valence-electron chi connectivity index (χ0n) is 13.9. The van der Waals surface area contributed by atoms with Gasteiger partial charge < -0.3 is 10.1 Å². The number of ether oxygens (including phenoxy) is 1. The monoisotopic (exact) mass is 349 g/mol. The number of hydrogen-bond donors (Lipinski definition) is 1. The summed E-state index contributed by atoms with van der Waals surface area (Å²) in [4.78, 5) is 25.2. The molecule has 0 atom stereocenters. The van der Waals surface area contributed by atoms with Gasteiger partial charge in [-0.15, -0.1) is 10.2 Å². The summed E-state index contributed by atoms with van der Waals surface area (Å²) >= 11 is 0. The highest BCUT2D eigenvalue weighted by atomic mass is 16.5. The lowest BCUT2D eigenvalue weighted by atomic mass is 10.2. The molecule has 26 heavy (non-hydrogen) atoms. The molecule has 1 amide bonds. The van der Waals surface area contributed by atoms with Gasteiger partial charge in [-0.3, -0.25) is 18.6 Å². The van der Waals surface area contributed by atoms with Gasteiger partial charge in [-0.1, -0.05) is 12.1 Å². The smallest absolute Gasteiger partial charge is 0.297 e. The minimum Gasteiger partial charge on any atom is -0.497 e. The maximum atomic E-state index is 12.7. The Morgan fingerprint density at radius 2 is 1.85 bits per heavy atom. The number of nitrogens with one attached hydrogen (secondary N) is 1. The number of para-hydroxylation sites is 2. The van der Waals surface area contributed by atoms with Gasteiger partial charge in [0.1, 0.15) is 18.6 Å². The number of carbonyl (C=O) groups is 1. The van der Waals surface area contributed by atoms with Crippen LogP contribution in [0.5, 0.6) is 5.75 Å². The Balaban J connectivity index is 1.70. The van der Waals surface area contributed by atoms with E-state index in [9.17, 15) is 9.59 Å². The molecule has 0 saturated heterocycles. The molecule has 0 aliphatic rings. The van der Waals surface area contributed by atoms with Crippen LogP contribution in [0.1, 0.15) is 0 Å². The summed E-state index contributed by atoms with van der Waals surface area (Å²) in [7, 11) is 1.58. The van der Waals surface area contributed by atoms with Crippen LogP contribution in [-0.4, -0.2) is 32.2 Å². The van der Waals surface area contributed by atoms with E-state index >= 15 is 0 Å². The van der Waals surface area contributed by atoms with Crippen molar-refractivity contribution in [3.8, 4) is 5.75 Å². The second-order valence-corrected chi connectivity index (χ2v) is 5.68. The Hall–Kier alpha value is -3.68. The van der Waals surface area contributed by atoms with Gasteiger partial charge in [0.25, 0.3) is 5.56 Å². The predicted molar refractivity (Wildman–Crippen MR) is 96.4 cm³/mol. The molecule has 0 fully saturated rings. The molecule has 4 aromatic rings. The van der Waals surface area contributed by atoms with Gasteiger partial charge in [-0.2, -0.15) is 0 Å². The van der Waals surface area contributed by atoms with Crippen LogP contribution in [0.15, 0.2) is 59.7 Å². The Morgan fingerprint density at radius 3 is 2.58 bits per heavy atom. The van der Waals surface area contributed by atoms with Gasteiger partial charge in [0.2, 0.25) is 11.6 Å². The van der Waals surface area contributed by atoms with Crippen molar-refractivity contribution < 1.29 is 9.53 Å². The standard InChI is InChI=1S/C18H15N5O3/c1-26-13-8-6-12(7-9-13)20-16(24)10-22-14-4-2-3-5-15(14)23-11-19-21-17(23)18(22)25/h2-9,11H,10H2,1H3,(H,20,24). The van der Waals surface area contributed by atoms with Gasteiger partial charge in [-0.25, -0.2) is 0 Å². The van der Waals surface area contributed by atoms with Gasteiger partial charge >= 0.3 is 0 Å². The maximum Gasteiger partial charge on any atom is 0.297 e. The molecule has 2 aromatic heterocycles. The van der Waals surface area contributed by atoms with Crippen molar-refractivity contribution in [3.63, 3.8) is 0 Å². The predicted octanol–water partition coefficient (Wildman–Crippen LogP) is 1.69. The quantitative estimate of drug-likeness (QED) is 0.605. The number of amides is 1. The molecular weight excluding hydrogens is 334 g/mol. The zero-order valence-corrected chi connectivity index (χ0v) is 13.9. The third-order valence-electron chi connectivity index (χ3n) is 4.09. The van der Waals surface area contributed by atoms with E-state index in [2.05, 4.69) is 15.5 Å². The fourth-order valence-electron chi connectivity index (χ4n) is 2.86. The summed E-state index contributed by atoms with van der Waals surface area (Å²) < 4.78 is 8.12. The van der Waals surface area contributed by atoms with E-state index in [1.54, 1.807) is 41.8 Å². The van der Waals surface area contributed by atoms with E-state index in [-0.39, 0.29) is 23.7 Å². The van der Waals surface area contributed by atoms with Crippen molar-refractivity contribution in [2.24, 2.45) is 0 Å². The van der Waals surface area contributed by atoms with E-state index in [0.717, 1.165) is 5.52 Å². The maximum absolute atomic E-state index is 12.7. The molecule has 0 aliphatic heterocycles. The molecule has 0 aliphatic carbocycles. The van der Waals surface area contributed by atoms with Gasteiger partial charge in [-0.05, 0) is 36.4 Å². The van der Waals surface area contributed by atoms with Crippen LogP contribution < -0.4 is 15.6 Å². The number of aromatic nitrogens is 4. The number of anilines is 1. The molecule has 2 aromatic carbocycles. The summed E-state index contributed by atoms with van der Waals surface area (Å²) in [6.45, 7) is -0.130. The SMILES string of the molecule is COc1ccc(NC(=O)Cn2c(=O)c3nncn3c3ccccc32)cc1. The molecule has 0 bridgehead atoms. The molecule has 0 radical (unpaired) electrons. The summed E-state index contributed by atoms with van der Waals surface area (Å²) in [5.41, 5.74) is 1.82. The van der Waals surface area contributed by atoms with E-state index in [1.807, 2.05) is 18.2 Å². The Labute approximate surface area is 147 Å². The van der Waals surface area contributed by atoms with Crippen molar-refractivity contribution >= 4 is 28.3 Å². The first kappa shape index (κ1) is 15.8. The minimum atomic E-state index is -0.369. The molecule has 8 nitrogen and oxygen atoms in total. The first-order valence-electron chi connectivity index (χ1n) is 7.92. The third kappa shape index (κ3) is 2.67. The number of fused-ring (bicyclic) bond motifs is 3. The molecule has 1 N–H and O–H groups in total. The number of hydrogen-bond acceptors (Lipinski definition) is 5. The average Bonchev–Trinajstić information content (AvgIpc) is 3.16. The second-order valence-electron chi connectivity index (χ2n) is 5.68. The number of nitrogens with zero attached hydrogens (tertiary/aromatic N) is 4. The van der Waals surface area contributed by atoms with Gasteiger partial charge in [0.05, 0.1) is 18.1 Å². The van der Waals surface area contributed by atoms with Crippen LogP contribution in [0.4, 0.5) is 5.69 Å². The van der Waals surface area contributed by atoms with Crippen LogP contribution >= 0.6 is 0 Å². The molecular formula is C18H15N5O3. The third-order valence-corrected chi connectivity index (χ3v) is 4.09. The Bertz CT molecular complexity index is 1160. The van der Waals surface area contributed by atoms with Crippen LogP contribution in [-0.2, 0) is 11.3 Å². The number of methoxy groups -OCH3 is 1. The van der Waals surface area contributed by atoms with Crippen LogP contribution in [0.3, 0.4) is 0 Å². The lowest BCUT2D eigenvalue weighted by Crippen LogP contribution is -2.29. The molecule has 130 valence electrons. The molecule has 4 rings (SSSR count). The Kier molecular flexibility index (Phi) is 3.85. The summed E-state index contributed by atoms with van der Waals surface area (Å²) in [5, 5.41) is 10.5. The lowest BCUT2D eigenvalue weighted by molar-refractivity contribution is -0.116. The highest BCUT2D eigenvalue weighted by Gasteiger charge is 2.14. The van der Waals surface area contributed by atoms with Crippen LogP contribution in [0.2, 0.25) is 0 Å². The van der Waals surface area contributed by atoms with Crippen molar-refractivity contribution in [1.82, 2.24) is 19.2 Å². The topological polar surface area (TPSA) is 90.5 Å². The first-order chi connectivity index (χ1) is 12.7. The highest BCUT2D eigenvalue weighted by Crippen LogP contribution is 2.16. The molecule has 8 heteroatoms. The molecule has 0 saturated carbocycles. The van der Waals surface area contributed by atoms with E-state index in [0.29, 0.717) is 17.0 Å². The van der Waals surface area contributed by atoms with Crippen molar-refractivity contribution in [2.75, 3.05) is 12.4 Å². The van der Waals surface area contributed by atoms with E-state index in [1.165, 1.54) is 10.9 Å². The van der Waals surface area contributed by atoms with E-state index < -0.39 is 0 Å². The minimum absolute atomic E-state index is 0.130. The van der Waals surface area contributed by atoms with Crippen molar-refractivity contribution in [2.45, 2.75) is 6.54 Å². The largest absolute Gasteiger partial charge is 0.497 e. The number of rotatable bonds is 4. The number of carbonyl (C=O) groups excluding carboxylic acids is 1. The first-order valence-corrected chi connectivity index (χ1v) is 7.92. The van der Waals surface area contributed by atoms with Crippen LogP contribution in [0, 0.1) is 0 Å². The summed E-state index contributed by atoms with van der Waals surface area (Å²) in [6.07, 6.45) is 1.49. The molecule has 0 unspecified atom stereocenters. The molecule has 2 heterocycles. The van der Waals surface area contributed by atoms with Crippen LogP contribution in [0.25, 0.3) is 16.7 Å². The fraction of sp³-hybridized carbons (Fsp3) is 0.111. The van der Waals surface area contributed by atoms with Gasteiger partial charge in [0, 0.05) is 5.69 Å². The fourth-order valence-corrected chi connectivity index (χ4v) is 2.86. The zero-order chi connectivity index (χ0) is 18.1. The molecule has 0 spiro atoms. The normalized spacial score (nSPS) is 11.0. The average molecular weight is 349 g/mol. The lowest BCUT2D eigenvalue weighted by Gasteiger charge is -2.12. The number of benzene rings is 2. The van der Waals surface area contributed by atoms with Crippen molar-refractivity contribution in [3.05, 3.63) is 65.2 Å². The Morgan fingerprint density at radius 1 is 1.12 bits per heavy atom. The summed E-state index contributed by atoms with van der Waals surface area (Å²) in [6, 6.07) is 14.3. The van der Waals surface area contributed by atoms with E-state index in [4.69, 9.17) is 4.74 Å². The highest BCUT2D eigenvalue weighted by molar-refractivity contribution is 5.91. The van der Waals surface area contributed by atoms with Crippen molar-refractivity contribution in [1.29, 1.82) is 0 Å². The second kappa shape index (κ2) is 6.32. The summed E-state index contributed by atoms with van der Waals surface area (Å²) in [5.74, 6) is 0.383.